The highest BCUT2D eigenvalue weighted by Crippen LogP contribution is 2.63. The molecule has 3 aromatic rings. The largest absolute Gasteiger partial charge is 0.456 e. The molecule has 0 radical (unpaired) electrons. The second-order valence-corrected chi connectivity index (χ2v) is 16.6. The molecule has 3 aromatic carbocycles. The molecule has 310 valence electrons. The number of aliphatic hydroxyl groups is 3. The van der Waals surface area contributed by atoms with Crippen LogP contribution in [0.5, 0.6) is 0 Å². The third kappa shape index (κ3) is 6.68. The molecule has 0 aromatic heterocycles. The number of ether oxygens (including phenoxy) is 4. The number of Topliss-reactive ketones (excluding diaryl/α,β-unsaturated/α-hetero) is 2. The van der Waals surface area contributed by atoms with Gasteiger partial charge in [-0.15, -0.1) is 0 Å². The van der Waals surface area contributed by atoms with Gasteiger partial charge < -0.3 is 39.6 Å². The second kappa shape index (κ2) is 15.2. The van der Waals surface area contributed by atoms with Crippen LogP contribution in [0.4, 0.5) is 0 Å². The van der Waals surface area contributed by atoms with E-state index in [1.807, 2.05) is 0 Å². The maximum atomic E-state index is 14.9. The molecule has 1 saturated heterocycles. The molecule has 10 atom stereocenters. The molecule has 2 bridgehead atoms. The van der Waals surface area contributed by atoms with Crippen molar-refractivity contribution in [3.05, 3.63) is 119 Å². The van der Waals surface area contributed by atoms with Gasteiger partial charge >= 0.3 is 17.9 Å². The van der Waals surface area contributed by atoms with Gasteiger partial charge in [-0.3, -0.25) is 19.2 Å². The molecule has 59 heavy (non-hydrogen) atoms. The number of esters is 3. The number of fused-ring (bicyclic) bond motifs is 5. The van der Waals surface area contributed by atoms with Crippen molar-refractivity contribution in [3.8, 4) is 0 Å². The first-order valence-electron chi connectivity index (χ1n) is 19.5. The number of nitrogens with one attached hydrogen (secondary N) is 1. The van der Waals surface area contributed by atoms with Gasteiger partial charge in [0.2, 0.25) is 11.6 Å². The Morgan fingerprint density at radius 1 is 0.864 bits per heavy atom. The van der Waals surface area contributed by atoms with Gasteiger partial charge in [0.1, 0.15) is 23.9 Å². The lowest BCUT2D eigenvalue weighted by Gasteiger charge is -2.66. The minimum atomic E-state index is -2.41. The van der Waals surface area contributed by atoms with E-state index in [0.29, 0.717) is 5.56 Å². The summed E-state index contributed by atoms with van der Waals surface area (Å²) in [7, 11) is 0. The molecule has 0 spiro atoms. The van der Waals surface area contributed by atoms with Gasteiger partial charge in [-0.05, 0) is 49.2 Å². The fourth-order valence-corrected chi connectivity index (χ4v) is 9.72. The van der Waals surface area contributed by atoms with E-state index in [9.17, 15) is 44.1 Å². The van der Waals surface area contributed by atoms with E-state index in [1.165, 1.54) is 39.8 Å². The van der Waals surface area contributed by atoms with Gasteiger partial charge in [0.25, 0.3) is 5.91 Å². The SMILES string of the molecule is CC(=O)OC12COC1CC(O)C1(C)C(=O)C(=O)C3=C(C)C(OC(=O)C(O)C(NC(=O)c4ccccc4)c4ccccc4)CC(O)(C(OC(=O)c4ccccc4)C21)C3(C)C. The van der Waals surface area contributed by atoms with Crippen molar-refractivity contribution >= 4 is 35.4 Å². The fourth-order valence-electron chi connectivity index (χ4n) is 9.72. The van der Waals surface area contributed by atoms with E-state index < -0.39 is 106 Å². The molecular formula is C45H47NO13. The number of hydrogen-bond donors (Lipinski definition) is 4. The number of benzene rings is 3. The molecule has 14 nitrogen and oxygen atoms in total. The number of aliphatic hydroxyl groups excluding tert-OH is 2. The van der Waals surface area contributed by atoms with Crippen molar-refractivity contribution in [2.75, 3.05) is 6.61 Å². The Bertz CT molecular complexity index is 2210. The standard InChI is InChI=1S/C45H47NO13/c1-24-29(57-41(54)35(50)33(26-15-9-6-10-16-26)46-39(52)27-17-11-7-12-18-27)22-45(55)38(58-40(53)28-19-13-8-14-20-28)36-43(5,37(51)34(49)32(24)42(45,3)4)30(48)21-31-44(36,23-56-31)59-25(2)47/h6-20,29-31,33,35-36,38,48,50,55H,21-23H2,1-5H3,(H,46,52). The zero-order valence-corrected chi connectivity index (χ0v) is 33.2. The summed E-state index contributed by atoms with van der Waals surface area (Å²) in [6.07, 6.45) is -8.76. The van der Waals surface area contributed by atoms with Gasteiger partial charge in [-0.1, -0.05) is 80.6 Å². The van der Waals surface area contributed by atoms with Crippen LogP contribution in [0.1, 0.15) is 79.8 Å². The highest BCUT2D eigenvalue weighted by atomic mass is 16.6. The molecular weight excluding hydrogens is 762 g/mol. The summed E-state index contributed by atoms with van der Waals surface area (Å²) >= 11 is 0. The summed E-state index contributed by atoms with van der Waals surface area (Å²) in [5.74, 6) is -7.33. The summed E-state index contributed by atoms with van der Waals surface area (Å²) in [5, 5.41) is 39.6. The molecule has 14 heteroatoms. The highest BCUT2D eigenvalue weighted by Gasteiger charge is 2.78. The maximum Gasteiger partial charge on any atom is 0.338 e. The normalized spacial score (nSPS) is 31.8. The van der Waals surface area contributed by atoms with Crippen molar-refractivity contribution in [2.45, 2.75) is 95.2 Å². The molecule has 2 saturated carbocycles. The summed E-state index contributed by atoms with van der Waals surface area (Å²) < 4.78 is 24.1. The number of carbonyl (C=O) groups is 6. The van der Waals surface area contributed by atoms with Crippen LogP contribution in [0.2, 0.25) is 0 Å². The molecule has 10 unspecified atom stereocenters. The molecule has 7 rings (SSSR count). The molecule has 1 heterocycles. The minimum Gasteiger partial charge on any atom is -0.456 e. The first-order valence-corrected chi connectivity index (χ1v) is 19.5. The van der Waals surface area contributed by atoms with Crippen LogP contribution in [0.15, 0.2) is 102 Å². The van der Waals surface area contributed by atoms with E-state index in [1.54, 1.807) is 78.9 Å². The van der Waals surface area contributed by atoms with Gasteiger partial charge in [0.05, 0.1) is 35.6 Å². The number of rotatable bonds is 9. The molecule has 4 aliphatic rings. The van der Waals surface area contributed by atoms with Gasteiger partial charge in [-0.2, -0.15) is 0 Å². The van der Waals surface area contributed by atoms with Crippen LogP contribution in [0, 0.1) is 16.7 Å². The van der Waals surface area contributed by atoms with Gasteiger partial charge in [0.15, 0.2) is 11.7 Å². The fraction of sp³-hybridized carbons (Fsp3) is 0.422. The minimum absolute atomic E-state index is 0.0673. The first-order chi connectivity index (χ1) is 27.9. The van der Waals surface area contributed by atoms with Crippen molar-refractivity contribution in [2.24, 2.45) is 16.7 Å². The average Bonchev–Trinajstić information content (AvgIpc) is 3.21. The van der Waals surface area contributed by atoms with Crippen molar-refractivity contribution in [1.82, 2.24) is 5.32 Å². The Hall–Kier alpha value is -5.54. The predicted molar refractivity (Wildman–Crippen MR) is 207 cm³/mol. The van der Waals surface area contributed by atoms with Crippen molar-refractivity contribution < 1.29 is 63.0 Å². The average molecular weight is 810 g/mol. The van der Waals surface area contributed by atoms with E-state index in [4.69, 9.17) is 18.9 Å². The first kappa shape index (κ1) is 41.6. The number of ketones is 2. The Balaban J connectivity index is 1.35. The van der Waals surface area contributed by atoms with Crippen LogP contribution in [0.25, 0.3) is 0 Å². The number of hydrogen-bond acceptors (Lipinski definition) is 13. The Labute approximate surface area is 340 Å². The molecule has 1 amide bonds. The van der Waals surface area contributed by atoms with Crippen LogP contribution in [-0.4, -0.2) is 99.0 Å². The lowest BCUT2D eigenvalue weighted by atomic mass is 9.45. The van der Waals surface area contributed by atoms with Crippen molar-refractivity contribution in [1.29, 1.82) is 0 Å². The maximum absolute atomic E-state index is 14.9. The third-order valence-corrected chi connectivity index (χ3v) is 13.0. The highest BCUT2D eigenvalue weighted by molar-refractivity contribution is 6.46. The Morgan fingerprint density at radius 2 is 1.44 bits per heavy atom. The van der Waals surface area contributed by atoms with Crippen LogP contribution >= 0.6 is 0 Å². The lowest BCUT2D eigenvalue weighted by Crippen LogP contribution is -2.81. The summed E-state index contributed by atoms with van der Waals surface area (Å²) in [5.41, 5.74) is -7.50. The number of amides is 1. The second-order valence-electron chi connectivity index (χ2n) is 16.6. The predicted octanol–water partition coefficient (Wildman–Crippen LogP) is 3.37. The zero-order chi connectivity index (χ0) is 42.7. The van der Waals surface area contributed by atoms with E-state index in [-0.39, 0.29) is 35.3 Å². The van der Waals surface area contributed by atoms with E-state index >= 15 is 0 Å². The smallest absolute Gasteiger partial charge is 0.338 e. The van der Waals surface area contributed by atoms with Crippen molar-refractivity contribution in [3.63, 3.8) is 0 Å². The Kier molecular flexibility index (Phi) is 10.8. The van der Waals surface area contributed by atoms with Gasteiger partial charge in [0, 0.05) is 36.3 Å². The van der Waals surface area contributed by atoms with Crippen LogP contribution in [0.3, 0.4) is 0 Å². The van der Waals surface area contributed by atoms with Crippen LogP contribution < -0.4 is 5.32 Å². The van der Waals surface area contributed by atoms with E-state index in [0.717, 1.165) is 6.92 Å². The molecule has 3 aliphatic carbocycles. The monoisotopic (exact) mass is 809 g/mol. The van der Waals surface area contributed by atoms with E-state index in [2.05, 4.69) is 5.32 Å². The van der Waals surface area contributed by atoms with Crippen LogP contribution in [-0.2, 0) is 38.1 Å². The summed E-state index contributed by atoms with van der Waals surface area (Å²) in [6.45, 7) is 6.60. The molecule has 4 N–H and O–H groups in total. The lowest BCUT2D eigenvalue weighted by molar-refractivity contribution is -0.343. The Morgan fingerprint density at radius 3 is 2.00 bits per heavy atom. The zero-order valence-electron chi connectivity index (χ0n) is 33.2. The summed E-state index contributed by atoms with van der Waals surface area (Å²) in [6, 6.07) is 22.9. The van der Waals surface area contributed by atoms with Gasteiger partial charge in [-0.25, -0.2) is 9.59 Å². The number of carbonyl (C=O) groups excluding carboxylic acids is 6. The molecule has 1 aliphatic heterocycles. The summed E-state index contributed by atoms with van der Waals surface area (Å²) in [4.78, 5) is 84.1. The molecule has 3 fully saturated rings. The third-order valence-electron chi connectivity index (χ3n) is 13.0. The quantitative estimate of drug-likeness (QED) is 0.139. The topological polar surface area (TPSA) is 212 Å².